The average molecular weight is 473 g/mol. The Morgan fingerprint density at radius 3 is 1.82 bits per heavy atom. The van der Waals surface area contributed by atoms with Crippen molar-refractivity contribution < 1.29 is 52.4 Å². The number of carbonyl (C=O) groups excluding carboxylic acids is 5. The number of amides is 1. The molecule has 2 aliphatic rings. The van der Waals surface area contributed by atoms with Crippen LogP contribution in [-0.4, -0.2) is 73.3 Å². The summed E-state index contributed by atoms with van der Waals surface area (Å²) in [6.45, 7) is 4.15. The first-order valence-electron chi connectivity index (χ1n) is 10.8. The monoisotopic (exact) mass is 473 g/mol. The summed E-state index contributed by atoms with van der Waals surface area (Å²) in [4.78, 5) is 59.2. The lowest BCUT2D eigenvalue weighted by Crippen LogP contribution is -2.66. The number of ether oxygens (including phenoxy) is 6. The van der Waals surface area contributed by atoms with Crippen molar-refractivity contribution in [3.63, 3.8) is 0 Å². The van der Waals surface area contributed by atoms with Gasteiger partial charge in [0.05, 0.1) is 0 Å². The molecule has 0 aromatic heterocycles. The molecule has 0 bridgehead atoms. The third-order valence-corrected chi connectivity index (χ3v) is 5.08. The van der Waals surface area contributed by atoms with E-state index >= 15 is 0 Å². The molecule has 5 atom stereocenters. The molecule has 1 saturated carbocycles. The topological polar surface area (TPSA) is 153 Å². The molecule has 0 spiro atoms. The molecule has 1 aliphatic heterocycles. The van der Waals surface area contributed by atoms with E-state index in [1.165, 1.54) is 6.92 Å². The average Bonchev–Trinajstić information content (AvgIpc) is 2.70. The fourth-order valence-corrected chi connectivity index (χ4v) is 3.83. The number of alkyl carbamates (subject to hydrolysis) is 1. The Morgan fingerprint density at radius 1 is 0.727 bits per heavy atom. The van der Waals surface area contributed by atoms with Crippen molar-refractivity contribution >= 4 is 30.0 Å². The number of esters is 4. The third kappa shape index (κ3) is 8.52. The van der Waals surface area contributed by atoms with Crippen LogP contribution in [0.4, 0.5) is 4.79 Å². The first-order valence-corrected chi connectivity index (χ1v) is 10.8. The van der Waals surface area contributed by atoms with Crippen LogP contribution < -0.4 is 5.32 Å². The van der Waals surface area contributed by atoms with Crippen molar-refractivity contribution in [2.45, 2.75) is 96.5 Å². The second kappa shape index (κ2) is 12.4. The quantitative estimate of drug-likeness (QED) is 0.418. The highest BCUT2D eigenvalue weighted by Gasteiger charge is 2.52. The Hall–Kier alpha value is -2.89. The molecule has 2 fully saturated rings. The molecule has 1 heterocycles. The molecule has 1 aliphatic carbocycles. The molecule has 2 rings (SSSR count). The molecule has 12 heteroatoms. The number of rotatable bonds is 7. The largest absolute Gasteiger partial charge is 0.463 e. The number of nitrogens with one attached hydrogen (secondary N) is 1. The van der Waals surface area contributed by atoms with Crippen molar-refractivity contribution in [2.24, 2.45) is 0 Å². The van der Waals surface area contributed by atoms with Crippen LogP contribution in [0.15, 0.2) is 0 Å². The molecule has 1 saturated heterocycles. The Bertz CT molecular complexity index is 734. The van der Waals surface area contributed by atoms with E-state index in [0.29, 0.717) is 0 Å². The highest BCUT2D eigenvalue weighted by Crippen LogP contribution is 2.29. The van der Waals surface area contributed by atoms with Gasteiger partial charge in [0.15, 0.2) is 24.5 Å². The van der Waals surface area contributed by atoms with E-state index in [2.05, 4.69) is 5.32 Å². The van der Waals surface area contributed by atoms with Gasteiger partial charge < -0.3 is 28.4 Å². The van der Waals surface area contributed by atoms with Crippen LogP contribution in [0.3, 0.4) is 0 Å². The van der Waals surface area contributed by atoms with E-state index < -0.39 is 60.6 Å². The summed E-state index contributed by atoms with van der Waals surface area (Å²) in [7, 11) is 0. The zero-order valence-corrected chi connectivity index (χ0v) is 19.2. The van der Waals surface area contributed by atoms with Crippen molar-refractivity contribution in [2.75, 3.05) is 6.61 Å². The van der Waals surface area contributed by atoms with E-state index in [4.69, 9.17) is 28.4 Å². The summed E-state index contributed by atoms with van der Waals surface area (Å²) in [5, 5.41) is 2.48. The fraction of sp³-hybridized carbons (Fsp3) is 0.762. The van der Waals surface area contributed by atoms with Crippen molar-refractivity contribution in [1.29, 1.82) is 0 Å². The predicted molar refractivity (Wildman–Crippen MR) is 108 cm³/mol. The van der Waals surface area contributed by atoms with Gasteiger partial charge in [0.2, 0.25) is 0 Å². The van der Waals surface area contributed by atoms with Gasteiger partial charge in [-0.25, -0.2) is 4.79 Å². The van der Waals surface area contributed by atoms with E-state index in [-0.39, 0.29) is 12.7 Å². The lowest BCUT2D eigenvalue weighted by atomic mass is 9.97. The Balaban J connectivity index is 2.29. The van der Waals surface area contributed by atoms with Crippen LogP contribution in [0.5, 0.6) is 0 Å². The standard InChI is InChI=1S/C21H31NO11/c1-11(23)28-10-16-17(29-12(2)24)18(30-13(3)25)19(31-14(4)26)20(33-16)22-21(27)32-15-8-6-5-7-9-15/h15-20H,5-10H2,1-4H3,(H,22,27)/t16-,17+,18+,19+,20-/m1/s1. The molecule has 33 heavy (non-hydrogen) atoms. The van der Waals surface area contributed by atoms with Gasteiger partial charge in [0.25, 0.3) is 0 Å². The van der Waals surface area contributed by atoms with E-state index in [9.17, 15) is 24.0 Å². The van der Waals surface area contributed by atoms with E-state index in [1.54, 1.807) is 0 Å². The fourth-order valence-electron chi connectivity index (χ4n) is 3.83. The van der Waals surface area contributed by atoms with Crippen molar-refractivity contribution in [3.8, 4) is 0 Å². The van der Waals surface area contributed by atoms with Crippen LogP contribution in [0, 0.1) is 0 Å². The maximum Gasteiger partial charge on any atom is 0.409 e. The summed E-state index contributed by atoms with van der Waals surface area (Å²) in [5.41, 5.74) is 0. The van der Waals surface area contributed by atoms with Gasteiger partial charge in [-0.1, -0.05) is 6.42 Å². The molecule has 12 nitrogen and oxygen atoms in total. The van der Waals surface area contributed by atoms with Crippen LogP contribution in [-0.2, 0) is 47.6 Å². The molecular weight excluding hydrogens is 442 g/mol. The van der Waals surface area contributed by atoms with Crippen molar-refractivity contribution in [3.05, 3.63) is 0 Å². The Labute approximate surface area is 191 Å². The van der Waals surface area contributed by atoms with Gasteiger partial charge in [0.1, 0.15) is 18.8 Å². The molecular formula is C21H31NO11. The molecule has 186 valence electrons. The smallest absolute Gasteiger partial charge is 0.409 e. The SMILES string of the molecule is CC(=O)OC[C@H]1O[C@@H](NC(=O)OC2CCCCC2)[C@@H](OC(C)=O)[C@@H](OC(C)=O)[C@H]1OC(C)=O. The molecule has 1 amide bonds. The van der Waals surface area contributed by atoms with Gasteiger partial charge in [-0.15, -0.1) is 0 Å². The lowest BCUT2D eigenvalue weighted by Gasteiger charge is -2.44. The highest BCUT2D eigenvalue weighted by molar-refractivity contribution is 5.70. The maximum atomic E-state index is 12.5. The van der Waals surface area contributed by atoms with Crippen LogP contribution in [0.1, 0.15) is 59.8 Å². The van der Waals surface area contributed by atoms with Gasteiger partial charge in [-0.05, 0) is 25.7 Å². The first kappa shape index (κ1) is 26.4. The molecule has 0 aromatic carbocycles. The van der Waals surface area contributed by atoms with Gasteiger partial charge >= 0.3 is 30.0 Å². The molecule has 0 radical (unpaired) electrons. The van der Waals surface area contributed by atoms with Crippen molar-refractivity contribution in [1.82, 2.24) is 5.32 Å². The lowest BCUT2D eigenvalue weighted by molar-refractivity contribution is -0.256. The zero-order chi connectivity index (χ0) is 24.5. The highest BCUT2D eigenvalue weighted by atomic mass is 16.7. The summed E-state index contributed by atoms with van der Waals surface area (Å²) in [6, 6.07) is 0. The summed E-state index contributed by atoms with van der Waals surface area (Å²) in [6.07, 6.45) is -3.18. The minimum absolute atomic E-state index is 0.260. The van der Waals surface area contributed by atoms with E-state index in [1.807, 2.05) is 0 Å². The second-order valence-electron chi connectivity index (χ2n) is 7.93. The van der Waals surface area contributed by atoms with Gasteiger partial charge in [-0.2, -0.15) is 0 Å². The first-order chi connectivity index (χ1) is 15.6. The number of hydrogen-bond donors (Lipinski definition) is 1. The number of carbonyl (C=O) groups is 5. The molecule has 0 unspecified atom stereocenters. The van der Waals surface area contributed by atoms with Crippen LogP contribution in [0.25, 0.3) is 0 Å². The molecule has 1 N–H and O–H groups in total. The van der Waals surface area contributed by atoms with Gasteiger partial charge in [-0.3, -0.25) is 24.5 Å². The predicted octanol–water partition coefficient (Wildman–Crippen LogP) is 1.13. The Kier molecular flexibility index (Phi) is 9.89. The Morgan fingerprint density at radius 2 is 1.27 bits per heavy atom. The van der Waals surface area contributed by atoms with E-state index in [0.717, 1.165) is 52.9 Å². The minimum Gasteiger partial charge on any atom is -0.463 e. The molecule has 0 aromatic rings. The van der Waals surface area contributed by atoms with Gasteiger partial charge in [0, 0.05) is 27.7 Å². The minimum atomic E-state index is -1.37. The normalized spacial score (nSPS) is 27.6. The number of hydrogen-bond acceptors (Lipinski definition) is 11. The van der Waals surface area contributed by atoms with Crippen LogP contribution in [0.2, 0.25) is 0 Å². The second-order valence-corrected chi connectivity index (χ2v) is 7.93. The third-order valence-electron chi connectivity index (χ3n) is 5.08. The summed E-state index contributed by atoms with van der Waals surface area (Å²) in [5.74, 6) is -2.88. The summed E-state index contributed by atoms with van der Waals surface area (Å²) < 4.78 is 32.1. The van der Waals surface area contributed by atoms with Crippen LogP contribution >= 0.6 is 0 Å². The zero-order valence-electron chi connectivity index (χ0n) is 19.2. The maximum absolute atomic E-state index is 12.5. The summed E-state index contributed by atoms with van der Waals surface area (Å²) >= 11 is 0.